The summed E-state index contributed by atoms with van der Waals surface area (Å²) < 4.78 is 0. The van der Waals surface area contributed by atoms with Crippen molar-refractivity contribution in [3.05, 3.63) is 0 Å². The second-order valence-corrected chi connectivity index (χ2v) is 18.9. The Morgan fingerprint density at radius 2 is 0.690 bits per heavy atom. The minimum Gasteiger partial charge on any atom is -0.281 e. The number of carbonyl (C=O) groups excluding carboxylic acids is 2. The Hall–Kier alpha value is -0.0800. The van der Waals surface area contributed by atoms with Gasteiger partial charge in [0.15, 0.2) is 0 Å². The molecule has 0 radical (unpaired) electrons. The van der Waals surface area contributed by atoms with Gasteiger partial charge in [-0.1, -0.05) is 79.1 Å². The molecule has 42 heavy (non-hydrogen) atoms. The molecule has 8 fully saturated rings. The fraction of sp³-hybridized carbons (Fsp3) is 0.947. The van der Waals surface area contributed by atoms with Crippen LogP contribution in [0.5, 0.6) is 0 Å². The maximum atomic E-state index is 13.8. The molecular formula is C38H60Cl2O2. The molecule has 0 heterocycles. The molecule has 8 aliphatic carbocycles. The van der Waals surface area contributed by atoms with Crippen molar-refractivity contribution in [1.82, 2.24) is 0 Å². The van der Waals surface area contributed by atoms with Crippen molar-refractivity contribution in [1.29, 1.82) is 0 Å². The topological polar surface area (TPSA) is 34.1 Å². The van der Waals surface area contributed by atoms with E-state index < -0.39 is 0 Å². The van der Waals surface area contributed by atoms with Crippen LogP contribution in [0, 0.1) is 43.3 Å². The maximum absolute atomic E-state index is 13.8. The van der Waals surface area contributed by atoms with Gasteiger partial charge in [0, 0.05) is 10.8 Å². The molecule has 4 unspecified atom stereocenters. The van der Waals surface area contributed by atoms with Crippen LogP contribution in [0.15, 0.2) is 0 Å². The Morgan fingerprint density at radius 3 is 0.905 bits per heavy atom. The van der Waals surface area contributed by atoms with E-state index in [1.807, 2.05) is 0 Å². The van der Waals surface area contributed by atoms with Crippen molar-refractivity contribution < 1.29 is 9.59 Å². The van der Waals surface area contributed by atoms with Crippen molar-refractivity contribution in [2.45, 2.75) is 182 Å². The molecule has 8 bridgehead atoms. The van der Waals surface area contributed by atoms with Gasteiger partial charge in [0.25, 0.3) is 0 Å². The lowest BCUT2D eigenvalue weighted by Gasteiger charge is -2.80. The van der Waals surface area contributed by atoms with Gasteiger partial charge in [0.2, 0.25) is 10.5 Å². The Labute approximate surface area is 267 Å². The van der Waals surface area contributed by atoms with Gasteiger partial charge in [-0.3, -0.25) is 9.59 Å². The summed E-state index contributed by atoms with van der Waals surface area (Å²) in [5, 5.41) is -0.0519. The van der Waals surface area contributed by atoms with E-state index >= 15 is 0 Å². The molecule has 0 aliphatic heterocycles. The second kappa shape index (κ2) is 10.7. The SMILES string of the molecule is CCCCC12CC3(CCCC)CC(C(=O)Cl)(C1)CC(C14CC5(CCCC)CC(CCCC)(CC(C(=O)Cl)(C5)C1)C4)(C2)C3. The van der Waals surface area contributed by atoms with Crippen LogP contribution in [0.3, 0.4) is 0 Å². The molecule has 8 aliphatic rings. The third-order valence-electron chi connectivity index (χ3n) is 14.8. The van der Waals surface area contributed by atoms with E-state index in [9.17, 15) is 9.59 Å². The average molecular weight is 620 g/mol. The summed E-state index contributed by atoms with van der Waals surface area (Å²) in [6.07, 6.45) is 28.7. The summed E-state index contributed by atoms with van der Waals surface area (Å²) in [6, 6.07) is 0. The van der Waals surface area contributed by atoms with Crippen molar-refractivity contribution in [3.8, 4) is 0 Å². The largest absolute Gasteiger partial charge is 0.281 e. The first kappa shape index (κ1) is 31.9. The number of unbranched alkanes of at least 4 members (excludes halogenated alkanes) is 4. The van der Waals surface area contributed by atoms with E-state index in [1.54, 1.807) is 0 Å². The normalized spacial score (nSPS) is 48.2. The molecule has 0 N–H and O–H groups in total. The molecule has 0 aromatic rings. The summed E-state index contributed by atoms with van der Waals surface area (Å²) in [5.74, 6) is 0. The van der Waals surface area contributed by atoms with Gasteiger partial charge in [-0.2, -0.15) is 0 Å². The lowest BCUT2D eigenvalue weighted by Crippen LogP contribution is -2.72. The van der Waals surface area contributed by atoms with Gasteiger partial charge in [-0.25, -0.2) is 0 Å². The summed E-state index contributed by atoms with van der Waals surface area (Å²) in [4.78, 5) is 27.5. The predicted molar refractivity (Wildman–Crippen MR) is 175 cm³/mol. The molecular weight excluding hydrogens is 559 g/mol. The zero-order valence-corrected chi connectivity index (χ0v) is 29.1. The van der Waals surface area contributed by atoms with Gasteiger partial charge < -0.3 is 0 Å². The van der Waals surface area contributed by atoms with Crippen LogP contribution in [0.4, 0.5) is 0 Å². The number of rotatable bonds is 15. The summed E-state index contributed by atoms with van der Waals surface area (Å²) in [7, 11) is 0. The van der Waals surface area contributed by atoms with Crippen LogP contribution in [0.1, 0.15) is 182 Å². The van der Waals surface area contributed by atoms with E-state index in [0.29, 0.717) is 0 Å². The highest BCUT2D eigenvalue weighted by molar-refractivity contribution is 6.65. The van der Waals surface area contributed by atoms with E-state index in [2.05, 4.69) is 27.7 Å². The summed E-state index contributed by atoms with van der Waals surface area (Å²) in [6.45, 7) is 9.32. The van der Waals surface area contributed by atoms with Gasteiger partial charge in [-0.15, -0.1) is 0 Å². The summed E-state index contributed by atoms with van der Waals surface area (Å²) >= 11 is 13.6. The lowest BCUT2D eigenvalue weighted by molar-refractivity contribution is -0.300. The molecule has 4 heteroatoms. The fourth-order valence-corrected chi connectivity index (χ4v) is 15.3. The van der Waals surface area contributed by atoms with E-state index in [4.69, 9.17) is 23.2 Å². The van der Waals surface area contributed by atoms with Crippen LogP contribution in [0.25, 0.3) is 0 Å². The van der Waals surface area contributed by atoms with Gasteiger partial charge in [-0.05, 0) is 158 Å². The third-order valence-corrected chi connectivity index (χ3v) is 15.6. The molecule has 8 rings (SSSR count). The molecule has 8 saturated carbocycles. The highest BCUT2D eigenvalue weighted by Crippen LogP contribution is 2.87. The highest BCUT2D eigenvalue weighted by atomic mass is 35.5. The second-order valence-electron chi connectivity index (χ2n) is 18.2. The zero-order valence-electron chi connectivity index (χ0n) is 27.5. The highest BCUT2D eigenvalue weighted by Gasteiger charge is 2.79. The molecule has 2 nitrogen and oxygen atoms in total. The smallest absolute Gasteiger partial charge is 0.227 e. The zero-order chi connectivity index (χ0) is 30.1. The predicted octanol–water partition coefficient (Wildman–Crippen LogP) is 11.9. The number of carbonyl (C=O) groups is 2. The van der Waals surface area contributed by atoms with Crippen molar-refractivity contribution in [2.24, 2.45) is 43.3 Å². The van der Waals surface area contributed by atoms with Crippen LogP contribution < -0.4 is 0 Å². The Kier molecular flexibility index (Phi) is 8.15. The molecule has 0 spiro atoms. The average Bonchev–Trinajstić information content (AvgIpc) is 2.91. The van der Waals surface area contributed by atoms with Crippen LogP contribution in [-0.4, -0.2) is 10.5 Å². The van der Waals surface area contributed by atoms with Crippen molar-refractivity contribution in [2.75, 3.05) is 0 Å². The van der Waals surface area contributed by atoms with Gasteiger partial charge in [0.1, 0.15) is 0 Å². The molecule has 238 valence electrons. The maximum Gasteiger partial charge on any atom is 0.227 e. The molecule has 0 aromatic heterocycles. The Morgan fingerprint density at radius 1 is 0.429 bits per heavy atom. The number of hydrogen-bond acceptors (Lipinski definition) is 2. The molecule has 0 saturated heterocycles. The molecule has 0 aromatic carbocycles. The molecule has 0 amide bonds. The third kappa shape index (κ3) is 4.74. The van der Waals surface area contributed by atoms with E-state index in [0.717, 1.165) is 38.5 Å². The van der Waals surface area contributed by atoms with E-state index in [1.165, 1.54) is 116 Å². The van der Waals surface area contributed by atoms with Crippen LogP contribution in [-0.2, 0) is 9.59 Å². The Balaban J connectivity index is 1.54. The Bertz CT molecular complexity index is 945. The van der Waals surface area contributed by atoms with Gasteiger partial charge in [0.05, 0.1) is 0 Å². The first-order valence-electron chi connectivity index (χ1n) is 18.3. The van der Waals surface area contributed by atoms with Gasteiger partial charge >= 0.3 is 0 Å². The summed E-state index contributed by atoms with van der Waals surface area (Å²) in [5.41, 5.74) is 0.423. The van der Waals surface area contributed by atoms with Crippen LogP contribution >= 0.6 is 23.2 Å². The minimum atomic E-state index is -0.369. The van der Waals surface area contributed by atoms with Crippen molar-refractivity contribution in [3.63, 3.8) is 0 Å². The number of halogens is 2. The van der Waals surface area contributed by atoms with Crippen molar-refractivity contribution >= 4 is 33.7 Å². The standard InChI is InChI=1S/C38H60Cl2O2/c1-5-9-13-31-17-32(14-10-6-2)20-35(19-31,29(39)41)27-37(23-31,24-32)38-25-33(15-11-7-3)18-34(26-38,16-12-8-4)22-36(21-33,28-38)30(40)42/h5-28H2,1-4H3. The molecule has 4 atom stereocenters. The van der Waals surface area contributed by atoms with E-state index in [-0.39, 0.29) is 53.8 Å². The number of hydrogen-bond donors (Lipinski definition) is 0. The quantitative estimate of drug-likeness (QED) is 0.171. The first-order chi connectivity index (χ1) is 19.9. The monoisotopic (exact) mass is 618 g/mol. The fourth-order valence-electron chi connectivity index (χ4n) is 14.9. The lowest BCUT2D eigenvalue weighted by atomic mass is 9.24. The first-order valence-corrected chi connectivity index (χ1v) is 19.0. The van der Waals surface area contributed by atoms with Crippen LogP contribution in [0.2, 0.25) is 0 Å². The minimum absolute atomic E-state index is 0.0259.